The molecular formula is C19H32N2. The monoisotopic (exact) mass is 288 g/mol. The molecule has 1 aliphatic carbocycles. The molecule has 0 unspecified atom stereocenters. The molecule has 0 saturated heterocycles. The van der Waals surface area contributed by atoms with E-state index in [1.54, 1.807) is 0 Å². The van der Waals surface area contributed by atoms with E-state index in [-0.39, 0.29) is 0 Å². The van der Waals surface area contributed by atoms with Crippen LogP contribution in [0.2, 0.25) is 0 Å². The van der Waals surface area contributed by atoms with Gasteiger partial charge in [-0.3, -0.25) is 0 Å². The van der Waals surface area contributed by atoms with Crippen LogP contribution in [0.1, 0.15) is 51.9 Å². The van der Waals surface area contributed by atoms with E-state index in [1.807, 2.05) is 0 Å². The van der Waals surface area contributed by atoms with E-state index in [4.69, 9.17) is 0 Å². The Morgan fingerprint density at radius 2 is 1.71 bits per heavy atom. The SMILES string of the molecule is CCCNCC1(CN(C)c2ccccc2)CCCCCC1. The summed E-state index contributed by atoms with van der Waals surface area (Å²) in [5.74, 6) is 0. The molecule has 1 N–H and O–H groups in total. The van der Waals surface area contributed by atoms with E-state index < -0.39 is 0 Å². The van der Waals surface area contributed by atoms with Gasteiger partial charge in [-0.15, -0.1) is 0 Å². The molecule has 0 atom stereocenters. The molecule has 1 fully saturated rings. The van der Waals surface area contributed by atoms with Gasteiger partial charge in [0.25, 0.3) is 0 Å². The highest BCUT2D eigenvalue weighted by molar-refractivity contribution is 5.45. The van der Waals surface area contributed by atoms with Crippen LogP contribution < -0.4 is 10.2 Å². The minimum atomic E-state index is 0.455. The van der Waals surface area contributed by atoms with Gasteiger partial charge >= 0.3 is 0 Å². The molecule has 21 heavy (non-hydrogen) atoms. The van der Waals surface area contributed by atoms with E-state index in [9.17, 15) is 0 Å². The molecule has 0 aliphatic heterocycles. The zero-order valence-corrected chi connectivity index (χ0v) is 13.9. The maximum Gasteiger partial charge on any atom is 0.0363 e. The molecule has 0 radical (unpaired) electrons. The van der Waals surface area contributed by atoms with Gasteiger partial charge in [0.15, 0.2) is 0 Å². The van der Waals surface area contributed by atoms with Crippen molar-refractivity contribution in [2.24, 2.45) is 5.41 Å². The Morgan fingerprint density at radius 3 is 2.33 bits per heavy atom. The number of nitrogens with one attached hydrogen (secondary N) is 1. The van der Waals surface area contributed by atoms with Crippen LogP contribution in [0.25, 0.3) is 0 Å². The van der Waals surface area contributed by atoms with E-state index in [2.05, 4.69) is 54.5 Å². The minimum Gasteiger partial charge on any atom is -0.374 e. The molecule has 2 nitrogen and oxygen atoms in total. The van der Waals surface area contributed by atoms with Crippen LogP contribution in [0.4, 0.5) is 5.69 Å². The molecule has 0 aromatic heterocycles. The first-order valence-corrected chi connectivity index (χ1v) is 8.73. The fourth-order valence-electron chi connectivity index (χ4n) is 3.68. The summed E-state index contributed by atoms with van der Waals surface area (Å²) < 4.78 is 0. The topological polar surface area (TPSA) is 15.3 Å². The van der Waals surface area contributed by atoms with Crippen LogP contribution in [0.15, 0.2) is 30.3 Å². The summed E-state index contributed by atoms with van der Waals surface area (Å²) in [4.78, 5) is 2.46. The average Bonchev–Trinajstić information content (AvgIpc) is 2.74. The first-order valence-electron chi connectivity index (χ1n) is 8.73. The Bertz CT molecular complexity index is 380. The third kappa shape index (κ3) is 5.03. The minimum absolute atomic E-state index is 0.455. The van der Waals surface area contributed by atoms with E-state index >= 15 is 0 Å². The second kappa shape index (κ2) is 8.43. The summed E-state index contributed by atoms with van der Waals surface area (Å²) in [6.45, 7) is 5.76. The molecule has 2 rings (SSSR count). The molecule has 1 saturated carbocycles. The summed E-state index contributed by atoms with van der Waals surface area (Å²) >= 11 is 0. The second-order valence-corrected chi connectivity index (χ2v) is 6.78. The molecule has 1 aromatic carbocycles. The predicted octanol–water partition coefficient (Wildman–Crippen LogP) is 4.46. The summed E-state index contributed by atoms with van der Waals surface area (Å²) in [6, 6.07) is 10.8. The van der Waals surface area contributed by atoms with Gasteiger partial charge in [-0.1, -0.05) is 50.8 Å². The van der Waals surface area contributed by atoms with Gasteiger partial charge in [0.1, 0.15) is 0 Å². The predicted molar refractivity (Wildman–Crippen MR) is 93.0 cm³/mol. The van der Waals surface area contributed by atoms with Crippen molar-refractivity contribution in [2.45, 2.75) is 51.9 Å². The molecule has 0 bridgehead atoms. The number of anilines is 1. The van der Waals surface area contributed by atoms with Crippen molar-refractivity contribution in [2.75, 3.05) is 31.6 Å². The van der Waals surface area contributed by atoms with Crippen molar-refractivity contribution in [1.29, 1.82) is 0 Å². The van der Waals surface area contributed by atoms with Gasteiger partial charge in [-0.05, 0) is 37.9 Å². The smallest absolute Gasteiger partial charge is 0.0363 e. The Balaban J connectivity index is 2.03. The highest BCUT2D eigenvalue weighted by Gasteiger charge is 2.31. The number of rotatable bonds is 7. The zero-order valence-electron chi connectivity index (χ0n) is 13.9. The Hall–Kier alpha value is -1.02. The van der Waals surface area contributed by atoms with Crippen LogP contribution in [0.5, 0.6) is 0 Å². The van der Waals surface area contributed by atoms with Gasteiger partial charge in [0, 0.05) is 31.2 Å². The van der Waals surface area contributed by atoms with E-state index in [1.165, 1.54) is 63.7 Å². The quantitative estimate of drug-likeness (QED) is 0.588. The van der Waals surface area contributed by atoms with Gasteiger partial charge < -0.3 is 10.2 Å². The maximum atomic E-state index is 3.70. The number of para-hydroxylation sites is 1. The Labute approximate surface area is 130 Å². The first-order chi connectivity index (χ1) is 10.3. The lowest BCUT2D eigenvalue weighted by molar-refractivity contribution is 0.239. The van der Waals surface area contributed by atoms with Crippen molar-refractivity contribution >= 4 is 5.69 Å². The van der Waals surface area contributed by atoms with Crippen molar-refractivity contribution in [3.8, 4) is 0 Å². The highest BCUT2D eigenvalue weighted by atomic mass is 15.1. The van der Waals surface area contributed by atoms with Gasteiger partial charge in [-0.2, -0.15) is 0 Å². The molecule has 2 heteroatoms. The first kappa shape index (κ1) is 16.4. The number of hydrogen-bond acceptors (Lipinski definition) is 2. The average molecular weight is 288 g/mol. The number of hydrogen-bond donors (Lipinski definition) is 1. The lowest BCUT2D eigenvalue weighted by Gasteiger charge is -2.38. The zero-order chi connectivity index (χ0) is 15.0. The fraction of sp³-hybridized carbons (Fsp3) is 0.684. The second-order valence-electron chi connectivity index (χ2n) is 6.78. The van der Waals surface area contributed by atoms with Gasteiger partial charge in [-0.25, -0.2) is 0 Å². The third-order valence-corrected chi connectivity index (χ3v) is 4.86. The van der Waals surface area contributed by atoms with Crippen LogP contribution in [-0.4, -0.2) is 26.7 Å². The molecule has 0 amide bonds. The van der Waals surface area contributed by atoms with Crippen molar-refractivity contribution in [1.82, 2.24) is 5.32 Å². The lowest BCUT2D eigenvalue weighted by atomic mass is 9.79. The lowest BCUT2D eigenvalue weighted by Crippen LogP contribution is -2.43. The fourth-order valence-corrected chi connectivity index (χ4v) is 3.68. The molecular weight excluding hydrogens is 256 g/mol. The van der Waals surface area contributed by atoms with Crippen molar-refractivity contribution in [3.63, 3.8) is 0 Å². The van der Waals surface area contributed by atoms with Gasteiger partial charge in [0.05, 0.1) is 0 Å². The molecule has 0 spiro atoms. The summed E-state index contributed by atoms with van der Waals surface area (Å²) in [5, 5.41) is 3.70. The molecule has 118 valence electrons. The third-order valence-electron chi connectivity index (χ3n) is 4.86. The largest absolute Gasteiger partial charge is 0.374 e. The van der Waals surface area contributed by atoms with Crippen LogP contribution in [0, 0.1) is 5.41 Å². The maximum absolute atomic E-state index is 3.70. The van der Waals surface area contributed by atoms with Crippen molar-refractivity contribution < 1.29 is 0 Å². The van der Waals surface area contributed by atoms with Gasteiger partial charge in [0.2, 0.25) is 0 Å². The Morgan fingerprint density at radius 1 is 1.05 bits per heavy atom. The molecule has 1 aromatic rings. The van der Waals surface area contributed by atoms with E-state index in [0.29, 0.717) is 5.41 Å². The highest BCUT2D eigenvalue weighted by Crippen LogP contribution is 2.36. The normalized spacial score (nSPS) is 18.2. The van der Waals surface area contributed by atoms with Crippen LogP contribution >= 0.6 is 0 Å². The molecule has 1 aliphatic rings. The summed E-state index contributed by atoms with van der Waals surface area (Å²) in [5.41, 5.74) is 1.80. The van der Waals surface area contributed by atoms with E-state index in [0.717, 1.165) is 6.54 Å². The molecule has 0 heterocycles. The van der Waals surface area contributed by atoms with Crippen molar-refractivity contribution in [3.05, 3.63) is 30.3 Å². The number of benzene rings is 1. The van der Waals surface area contributed by atoms with Crippen LogP contribution in [0.3, 0.4) is 0 Å². The number of nitrogens with zero attached hydrogens (tertiary/aromatic N) is 1. The summed E-state index contributed by atoms with van der Waals surface area (Å²) in [7, 11) is 2.25. The Kier molecular flexibility index (Phi) is 6.56. The van der Waals surface area contributed by atoms with Crippen LogP contribution in [-0.2, 0) is 0 Å². The standard InChI is InChI=1S/C19H32N2/c1-3-15-20-16-19(13-9-4-5-10-14-19)17-21(2)18-11-7-6-8-12-18/h6-8,11-12,20H,3-5,9-10,13-17H2,1-2H3. The summed E-state index contributed by atoms with van der Waals surface area (Å²) in [6.07, 6.45) is 9.62.